The number of aliphatic hydroxyl groups is 1. The van der Waals surface area contributed by atoms with Crippen molar-refractivity contribution >= 4 is 17.7 Å². The molecule has 15 heavy (non-hydrogen) atoms. The average Bonchev–Trinajstić information content (AvgIpc) is 2.18. The quantitative estimate of drug-likeness (QED) is 0.591. The normalized spacial score (nSPS) is 12.1. The van der Waals surface area contributed by atoms with Crippen LogP contribution in [-0.4, -0.2) is 28.2 Å². The Balaban J connectivity index is 2.68. The first-order valence-corrected chi connectivity index (χ1v) is 5.32. The van der Waals surface area contributed by atoms with E-state index >= 15 is 0 Å². The fourth-order valence-corrected chi connectivity index (χ4v) is 1.68. The number of aliphatic hydroxyl groups excluding tert-OH is 1. The molecule has 0 amide bonds. The Bertz CT molecular complexity index is 340. The molecule has 0 heterocycles. The molecule has 0 aliphatic carbocycles. The molecule has 1 rings (SSSR count). The minimum Gasteiger partial charge on any atom is -0.494 e. The lowest BCUT2D eigenvalue weighted by Crippen LogP contribution is -2.14. The lowest BCUT2D eigenvalue weighted by molar-refractivity contribution is -0.141. The van der Waals surface area contributed by atoms with Crippen molar-refractivity contribution in [1.82, 2.24) is 0 Å². The van der Waals surface area contributed by atoms with Crippen LogP contribution in [0.5, 0.6) is 5.75 Å². The fourth-order valence-electron chi connectivity index (χ4n) is 0.983. The van der Waals surface area contributed by atoms with Gasteiger partial charge in [-0.3, -0.25) is 0 Å². The van der Waals surface area contributed by atoms with E-state index in [2.05, 4.69) is 0 Å². The summed E-state index contributed by atoms with van der Waals surface area (Å²) in [5.74, 6) is -0.582. The van der Waals surface area contributed by atoms with Crippen LogP contribution in [0.25, 0.3) is 0 Å². The van der Waals surface area contributed by atoms with Gasteiger partial charge in [0, 0.05) is 4.90 Å². The number of carboxylic acids is 1. The van der Waals surface area contributed by atoms with E-state index < -0.39 is 11.4 Å². The number of benzene rings is 1. The smallest absolute Gasteiger partial charge is 0.343 e. The average molecular weight is 228 g/mol. The van der Waals surface area contributed by atoms with Crippen LogP contribution in [0.1, 0.15) is 6.92 Å². The van der Waals surface area contributed by atoms with E-state index in [1.54, 1.807) is 24.3 Å². The first kappa shape index (κ1) is 11.9. The molecule has 0 fully saturated rings. The van der Waals surface area contributed by atoms with Crippen molar-refractivity contribution in [3.05, 3.63) is 24.3 Å². The van der Waals surface area contributed by atoms with Gasteiger partial charge < -0.3 is 14.9 Å². The van der Waals surface area contributed by atoms with Crippen LogP contribution in [0.4, 0.5) is 0 Å². The van der Waals surface area contributed by atoms with Gasteiger partial charge in [0.05, 0.1) is 6.61 Å². The highest BCUT2D eigenvalue weighted by Crippen LogP contribution is 2.25. The zero-order chi connectivity index (χ0) is 11.3. The van der Waals surface area contributed by atoms with Gasteiger partial charge in [0.2, 0.25) is 5.44 Å². The maximum Gasteiger partial charge on any atom is 0.343 e. The van der Waals surface area contributed by atoms with Crippen molar-refractivity contribution in [1.29, 1.82) is 0 Å². The summed E-state index contributed by atoms with van der Waals surface area (Å²) in [5, 5.41) is 17.6. The number of hydrogen-bond donors (Lipinski definition) is 2. The number of rotatable bonds is 5. The number of carboxylic acid groups (broad SMARTS) is 1. The predicted octanol–water partition coefficient (Wildman–Crippen LogP) is 1.58. The highest BCUT2D eigenvalue weighted by molar-refractivity contribution is 8.00. The Kier molecular flexibility index (Phi) is 4.45. The third kappa shape index (κ3) is 3.81. The minimum atomic E-state index is -1.44. The Morgan fingerprint density at radius 2 is 2.33 bits per heavy atom. The summed E-state index contributed by atoms with van der Waals surface area (Å²) in [6.07, 6.45) is 0. The van der Waals surface area contributed by atoms with Gasteiger partial charge in [-0.15, -0.1) is 0 Å². The second-order valence-electron chi connectivity index (χ2n) is 2.72. The molecule has 0 radical (unpaired) electrons. The summed E-state index contributed by atoms with van der Waals surface area (Å²) in [4.78, 5) is 11.1. The van der Waals surface area contributed by atoms with Gasteiger partial charge in [0.25, 0.3) is 0 Å². The first-order chi connectivity index (χ1) is 7.13. The zero-order valence-corrected chi connectivity index (χ0v) is 9.03. The van der Waals surface area contributed by atoms with Crippen molar-refractivity contribution in [3.63, 3.8) is 0 Å². The van der Waals surface area contributed by atoms with E-state index in [0.29, 0.717) is 17.3 Å². The number of aliphatic carboxylic acids is 1. The molecule has 1 unspecified atom stereocenters. The zero-order valence-electron chi connectivity index (χ0n) is 8.21. The number of hydrogen-bond acceptors (Lipinski definition) is 4. The van der Waals surface area contributed by atoms with Crippen LogP contribution >= 0.6 is 11.8 Å². The second-order valence-corrected chi connectivity index (χ2v) is 3.87. The number of thioether (sulfide) groups is 1. The molecule has 0 bridgehead atoms. The monoisotopic (exact) mass is 228 g/mol. The molecule has 1 atom stereocenters. The first-order valence-electron chi connectivity index (χ1n) is 4.44. The molecular weight excluding hydrogens is 216 g/mol. The van der Waals surface area contributed by atoms with Crippen molar-refractivity contribution < 1.29 is 19.7 Å². The summed E-state index contributed by atoms with van der Waals surface area (Å²) in [7, 11) is 0. The Hall–Kier alpha value is -1.20. The highest BCUT2D eigenvalue weighted by atomic mass is 32.2. The van der Waals surface area contributed by atoms with Gasteiger partial charge >= 0.3 is 5.97 Å². The maximum absolute atomic E-state index is 10.4. The summed E-state index contributed by atoms with van der Waals surface area (Å²) in [6, 6.07) is 6.95. The topological polar surface area (TPSA) is 66.8 Å². The van der Waals surface area contributed by atoms with Gasteiger partial charge in [-0.2, -0.15) is 0 Å². The Morgan fingerprint density at radius 1 is 1.60 bits per heavy atom. The van der Waals surface area contributed by atoms with E-state index in [9.17, 15) is 4.79 Å². The molecule has 1 aromatic rings. The molecule has 0 saturated heterocycles. The summed E-state index contributed by atoms with van der Waals surface area (Å²) < 4.78 is 5.25. The molecule has 0 saturated carbocycles. The summed E-state index contributed by atoms with van der Waals surface area (Å²) >= 11 is 0.868. The van der Waals surface area contributed by atoms with Crippen LogP contribution in [-0.2, 0) is 4.79 Å². The summed E-state index contributed by atoms with van der Waals surface area (Å²) in [5.41, 5.74) is -1.44. The van der Waals surface area contributed by atoms with Gasteiger partial charge in [-0.1, -0.05) is 17.8 Å². The van der Waals surface area contributed by atoms with Crippen molar-refractivity contribution in [2.45, 2.75) is 17.3 Å². The molecule has 82 valence electrons. The molecule has 5 heteroatoms. The maximum atomic E-state index is 10.4. The molecule has 4 nitrogen and oxygen atoms in total. The SMILES string of the molecule is CCOc1cccc(SC(O)C(=O)O)c1. The van der Waals surface area contributed by atoms with E-state index in [0.717, 1.165) is 11.8 Å². The van der Waals surface area contributed by atoms with Crippen molar-refractivity contribution in [2.75, 3.05) is 6.61 Å². The fraction of sp³-hybridized carbons (Fsp3) is 0.300. The Labute approximate surface area is 91.9 Å². The van der Waals surface area contributed by atoms with Crippen LogP contribution in [0.2, 0.25) is 0 Å². The van der Waals surface area contributed by atoms with E-state index in [1.165, 1.54) is 0 Å². The highest BCUT2D eigenvalue weighted by Gasteiger charge is 2.14. The predicted molar refractivity (Wildman–Crippen MR) is 57.1 cm³/mol. The molecule has 0 aromatic heterocycles. The minimum absolute atomic E-state index is 0.551. The van der Waals surface area contributed by atoms with Crippen LogP contribution < -0.4 is 4.74 Å². The van der Waals surface area contributed by atoms with Crippen molar-refractivity contribution in [3.8, 4) is 5.75 Å². The second kappa shape index (κ2) is 5.63. The van der Waals surface area contributed by atoms with Crippen LogP contribution in [0.3, 0.4) is 0 Å². The molecule has 0 spiro atoms. The van der Waals surface area contributed by atoms with E-state index in [1.807, 2.05) is 6.92 Å². The Morgan fingerprint density at radius 3 is 2.93 bits per heavy atom. The molecule has 0 aliphatic rings. The van der Waals surface area contributed by atoms with Gasteiger partial charge in [-0.25, -0.2) is 4.79 Å². The largest absolute Gasteiger partial charge is 0.494 e. The van der Waals surface area contributed by atoms with E-state index in [4.69, 9.17) is 14.9 Å². The van der Waals surface area contributed by atoms with Crippen LogP contribution in [0.15, 0.2) is 29.2 Å². The number of carbonyl (C=O) groups is 1. The van der Waals surface area contributed by atoms with E-state index in [-0.39, 0.29) is 0 Å². The van der Waals surface area contributed by atoms with Gasteiger partial charge in [-0.05, 0) is 25.1 Å². The summed E-state index contributed by atoms with van der Waals surface area (Å²) in [6.45, 7) is 2.42. The van der Waals surface area contributed by atoms with Crippen molar-refractivity contribution in [2.24, 2.45) is 0 Å². The lowest BCUT2D eigenvalue weighted by atomic mass is 10.3. The third-order valence-corrected chi connectivity index (χ3v) is 2.53. The third-order valence-electron chi connectivity index (χ3n) is 1.58. The molecular formula is C10H12O4S. The van der Waals surface area contributed by atoms with Gasteiger partial charge in [0.15, 0.2) is 0 Å². The molecule has 0 aliphatic heterocycles. The standard InChI is InChI=1S/C10H12O4S/c1-2-14-7-4-3-5-8(6-7)15-10(13)9(11)12/h3-6,10,13H,2H2,1H3,(H,11,12). The molecule has 1 aromatic carbocycles. The van der Waals surface area contributed by atoms with Crippen LogP contribution in [0, 0.1) is 0 Å². The van der Waals surface area contributed by atoms with Gasteiger partial charge in [0.1, 0.15) is 5.75 Å². The molecule has 2 N–H and O–H groups in total. The number of ether oxygens (including phenoxy) is 1. The lowest BCUT2D eigenvalue weighted by Gasteiger charge is -2.07.